The molecule has 6 aromatic carbocycles. The number of aryl methyl sites for hydroxylation is 3. The van der Waals surface area contributed by atoms with Crippen molar-refractivity contribution in [3.8, 4) is 11.1 Å². The topological polar surface area (TPSA) is 23.4 Å². The Hall–Kier alpha value is -2.50. The van der Waals surface area contributed by atoms with E-state index >= 15 is 0 Å². The van der Waals surface area contributed by atoms with Gasteiger partial charge in [0.1, 0.15) is 0 Å². The van der Waals surface area contributed by atoms with E-state index in [-0.39, 0.29) is 11.2 Å². The van der Waals surface area contributed by atoms with Gasteiger partial charge in [-0.05, 0) is 78.1 Å². The zero-order valence-electron chi connectivity index (χ0n) is 37.7. The summed E-state index contributed by atoms with van der Waals surface area (Å²) >= 11 is -0.826. The van der Waals surface area contributed by atoms with Crippen molar-refractivity contribution in [1.29, 1.82) is 0 Å². The molecule has 7 aromatic rings. The fourth-order valence-electron chi connectivity index (χ4n) is 9.61. The fraction of sp³-hybridized carbons (Fsp3) is 0.434. The van der Waals surface area contributed by atoms with E-state index in [9.17, 15) is 0 Å². The number of benzene rings is 4. The van der Waals surface area contributed by atoms with Crippen molar-refractivity contribution >= 4 is 78.8 Å². The van der Waals surface area contributed by atoms with Crippen molar-refractivity contribution in [1.82, 2.24) is 4.57 Å². The number of rotatable bonds is 17. The van der Waals surface area contributed by atoms with E-state index in [2.05, 4.69) is 164 Å². The molecule has 3 nitrogen and oxygen atoms in total. The van der Waals surface area contributed by atoms with Gasteiger partial charge in [0.05, 0.1) is 11.2 Å². The summed E-state index contributed by atoms with van der Waals surface area (Å²) in [5.74, 6) is 0. The molecule has 1 atom stereocenters. The van der Waals surface area contributed by atoms with Gasteiger partial charge < -0.3 is 14.0 Å². The van der Waals surface area contributed by atoms with Crippen LogP contribution in [-0.4, -0.2) is 37.1 Å². The van der Waals surface area contributed by atoms with Crippen LogP contribution in [0.3, 0.4) is 0 Å². The summed E-state index contributed by atoms with van der Waals surface area (Å²) < 4.78 is 14.4. The molecular formula is C53H67Cl2NO2SiZr. The average molecular weight is 940 g/mol. The van der Waals surface area contributed by atoms with E-state index in [4.69, 9.17) is 26.5 Å². The maximum absolute atomic E-state index is 6.09. The molecule has 0 saturated carbocycles. The number of hydrogen-bond acceptors (Lipinski definition) is 2. The van der Waals surface area contributed by atoms with Gasteiger partial charge in [-0.15, -0.1) is 73.9 Å². The molecule has 1 aromatic heterocycles. The molecule has 0 aliphatic heterocycles. The normalized spacial score (nSPS) is 13.2. The van der Waals surface area contributed by atoms with Gasteiger partial charge in [-0.2, -0.15) is 11.6 Å². The second-order valence-corrected chi connectivity index (χ2v) is 27.0. The van der Waals surface area contributed by atoms with Gasteiger partial charge in [0.25, 0.3) is 0 Å². The summed E-state index contributed by atoms with van der Waals surface area (Å²) in [5, 5.41) is 11.7. The van der Waals surface area contributed by atoms with Crippen molar-refractivity contribution < 1.29 is 30.3 Å². The van der Waals surface area contributed by atoms with Crippen LogP contribution in [0.15, 0.2) is 97.1 Å². The summed E-state index contributed by atoms with van der Waals surface area (Å²) in [6.45, 7) is 19.7. The van der Waals surface area contributed by atoms with Crippen LogP contribution in [0.1, 0.15) is 104 Å². The molecule has 0 bridgehead atoms. The minimum absolute atomic E-state index is 0.0550. The molecule has 7 heteroatoms. The average Bonchev–Trinajstić information content (AvgIpc) is 3.85. The number of nitrogens with zero attached hydrogens (tertiary/aromatic N) is 1. The van der Waals surface area contributed by atoms with Crippen LogP contribution in [0.25, 0.3) is 54.5 Å². The molecule has 1 heterocycles. The summed E-state index contributed by atoms with van der Waals surface area (Å²) in [5.41, 5.74) is 8.08. The van der Waals surface area contributed by atoms with Crippen molar-refractivity contribution in [2.75, 3.05) is 13.2 Å². The van der Waals surface area contributed by atoms with Gasteiger partial charge in [-0.3, -0.25) is 0 Å². The summed E-state index contributed by atoms with van der Waals surface area (Å²) in [7, 11) is 9.82. The zero-order chi connectivity index (χ0) is 43.1. The third-order valence-electron chi connectivity index (χ3n) is 12.4. The number of unbranched alkanes of at least 4 members (excludes halogenated alkanes) is 6. The van der Waals surface area contributed by atoms with E-state index in [1.54, 1.807) is 15.9 Å². The van der Waals surface area contributed by atoms with E-state index in [0.29, 0.717) is 0 Å². The summed E-state index contributed by atoms with van der Waals surface area (Å²) in [4.78, 5) is 0. The van der Waals surface area contributed by atoms with Crippen LogP contribution in [0.5, 0.6) is 0 Å². The number of para-hydroxylation sites is 1. The second-order valence-electron chi connectivity index (χ2n) is 19.1. The minimum atomic E-state index is -2.24. The third-order valence-corrected chi connectivity index (χ3v) is 17.1. The standard InChI is InChI=1S/C53H67NO2Si.2ClH.Zr/c1-38-35-46-42(40-30-31-49-47(36-40)43-25-17-18-29-48(43)54(49)8)27-22-28-45(46)51(38)57(9,34-21-13-12-20-33-56-53(5,6)7)50-37-39(41-24-15-16-26-44(41)50)23-14-10-11-19-32-55-52(2,3)4;;;/h15-18,22,24-31,35-37H,10-14,19-21,23,32-34H2,1-9H3;2*1H;/q-2;;;+4/p-2. The molecule has 0 radical (unpaired) electrons. The van der Waals surface area contributed by atoms with Gasteiger partial charge in [0, 0.05) is 50.1 Å². The molecule has 318 valence electrons. The van der Waals surface area contributed by atoms with Crippen LogP contribution < -0.4 is 10.4 Å². The van der Waals surface area contributed by atoms with E-state index in [1.165, 1.54) is 105 Å². The van der Waals surface area contributed by atoms with Crippen LogP contribution in [0.4, 0.5) is 0 Å². The van der Waals surface area contributed by atoms with Gasteiger partial charge in [-0.1, -0.05) is 106 Å². The van der Waals surface area contributed by atoms with Crippen LogP contribution in [-0.2, 0) is 43.8 Å². The first-order valence-corrected chi connectivity index (χ1v) is 31.3. The Kier molecular flexibility index (Phi) is 16.3. The molecular weight excluding hydrogens is 873 g/mol. The third kappa shape index (κ3) is 11.2. The maximum atomic E-state index is 6.09. The first-order chi connectivity index (χ1) is 28.7. The van der Waals surface area contributed by atoms with Crippen molar-refractivity contribution in [2.45, 2.75) is 130 Å². The van der Waals surface area contributed by atoms with Gasteiger partial charge in [0.15, 0.2) is 0 Å². The molecule has 60 heavy (non-hydrogen) atoms. The fourth-order valence-corrected chi connectivity index (χ4v) is 14.4. The van der Waals surface area contributed by atoms with Crippen LogP contribution in [0.2, 0.25) is 12.6 Å². The van der Waals surface area contributed by atoms with E-state index in [1.807, 2.05) is 0 Å². The summed E-state index contributed by atoms with van der Waals surface area (Å²) in [6.07, 6.45) is 10.8. The number of halogens is 2. The van der Waals surface area contributed by atoms with Gasteiger partial charge in [-0.25, -0.2) is 0 Å². The Bertz CT molecular complexity index is 2480. The quantitative estimate of drug-likeness (QED) is 0.0516. The van der Waals surface area contributed by atoms with Gasteiger partial charge in [0.2, 0.25) is 0 Å². The Morgan fingerprint density at radius 3 is 1.90 bits per heavy atom. The molecule has 1 unspecified atom stereocenters. The van der Waals surface area contributed by atoms with Gasteiger partial charge >= 0.3 is 37.9 Å². The Morgan fingerprint density at radius 1 is 0.633 bits per heavy atom. The second kappa shape index (κ2) is 20.8. The SMILES string of the molecule is Cc1cc2c(-c3ccc4c(c3)c3ccccc3n4C)cccc2[c-]1[Si](C)(CCCCCCOC(C)(C)C)[c-]1cc(CCCCCCOC(C)(C)C)c2ccccc21.[Cl][Zr+2][Cl]. The van der Waals surface area contributed by atoms with Crippen molar-refractivity contribution in [3.05, 3.63) is 108 Å². The molecule has 0 amide bonds. The number of aromatic nitrogens is 1. The van der Waals surface area contributed by atoms with Crippen LogP contribution >= 0.6 is 17.0 Å². The Morgan fingerprint density at radius 2 is 1.22 bits per heavy atom. The first kappa shape index (κ1) is 47.0. The molecule has 7 rings (SSSR count). The first-order valence-electron chi connectivity index (χ1n) is 22.3. The predicted molar refractivity (Wildman–Crippen MR) is 263 cm³/mol. The van der Waals surface area contributed by atoms with E-state index < -0.39 is 28.9 Å². The summed E-state index contributed by atoms with van der Waals surface area (Å²) in [6, 6.07) is 38.8. The molecule has 0 N–H and O–H groups in total. The number of fused-ring (bicyclic) bond motifs is 5. The van der Waals surface area contributed by atoms with Crippen LogP contribution in [0, 0.1) is 6.92 Å². The molecule has 0 aliphatic carbocycles. The molecule has 0 aliphatic rings. The molecule has 0 fully saturated rings. The Labute approximate surface area is 380 Å². The monoisotopic (exact) mass is 937 g/mol. The number of hydrogen-bond donors (Lipinski definition) is 0. The van der Waals surface area contributed by atoms with E-state index in [0.717, 1.165) is 32.5 Å². The van der Waals surface area contributed by atoms with Crippen molar-refractivity contribution in [3.63, 3.8) is 0 Å². The zero-order valence-corrected chi connectivity index (χ0v) is 42.7. The molecule has 0 spiro atoms. The number of ether oxygens (including phenoxy) is 2. The van der Waals surface area contributed by atoms with Crippen molar-refractivity contribution in [2.24, 2.45) is 7.05 Å². The predicted octanol–water partition coefficient (Wildman–Crippen LogP) is 14.9. The Balaban J connectivity index is 0.00000195. The molecule has 0 saturated heterocycles.